The van der Waals surface area contributed by atoms with Crippen LogP contribution >= 0.6 is 0 Å². The summed E-state index contributed by atoms with van der Waals surface area (Å²) in [6.07, 6.45) is 4.85. The van der Waals surface area contributed by atoms with Crippen LogP contribution in [0, 0.1) is 5.92 Å². The summed E-state index contributed by atoms with van der Waals surface area (Å²) >= 11 is 0. The van der Waals surface area contributed by atoms with Gasteiger partial charge in [-0.05, 0) is 48.9 Å². The van der Waals surface area contributed by atoms with Crippen molar-refractivity contribution in [3.8, 4) is 0 Å². The maximum absolute atomic E-state index is 12.6. The van der Waals surface area contributed by atoms with E-state index in [1.807, 2.05) is 19.1 Å². The minimum absolute atomic E-state index is 0.116. The molecule has 3 rings (SSSR count). The highest BCUT2D eigenvalue weighted by atomic mass is 32.2. The Bertz CT molecular complexity index is 987. The summed E-state index contributed by atoms with van der Waals surface area (Å²) in [5.41, 5.74) is 1.59. The number of aryl methyl sites for hydroxylation is 1. The molecule has 0 spiro atoms. The molecule has 1 aromatic carbocycles. The van der Waals surface area contributed by atoms with Crippen LogP contribution in [-0.2, 0) is 26.0 Å². The zero-order valence-corrected chi connectivity index (χ0v) is 17.7. The molecular formula is C21H26N4O4S. The van der Waals surface area contributed by atoms with E-state index in [1.165, 1.54) is 22.8 Å². The summed E-state index contributed by atoms with van der Waals surface area (Å²) in [4.78, 5) is 28.4. The van der Waals surface area contributed by atoms with E-state index in [0.717, 1.165) is 12.0 Å². The van der Waals surface area contributed by atoms with Crippen LogP contribution in [0.1, 0.15) is 25.3 Å². The van der Waals surface area contributed by atoms with Crippen molar-refractivity contribution in [3.63, 3.8) is 0 Å². The van der Waals surface area contributed by atoms with E-state index in [2.05, 4.69) is 15.6 Å². The molecule has 0 atom stereocenters. The zero-order valence-electron chi connectivity index (χ0n) is 16.9. The van der Waals surface area contributed by atoms with E-state index < -0.39 is 21.8 Å². The number of amides is 2. The number of hydrogen-bond donors (Lipinski definition) is 2. The van der Waals surface area contributed by atoms with Crippen LogP contribution in [0.4, 0.5) is 5.69 Å². The van der Waals surface area contributed by atoms with Crippen molar-refractivity contribution < 1.29 is 18.0 Å². The molecule has 9 heteroatoms. The second-order valence-corrected chi connectivity index (χ2v) is 9.15. The van der Waals surface area contributed by atoms with Crippen LogP contribution in [0.15, 0.2) is 53.7 Å². The van der Waals surface area contributed by atoms with E-state index in [4.69, 9.17) is 0 Å². The lowest BCUT2D eigenvalue weighted by Gasteiger charge is -2.31. The first-order valence-electron chi connectivity index (χ1n) is 9.99. The Kier molecular flexibility index (Phi) is 7.17. The van der Waals surface area contributed by atoms with Gasteiger partial charge in [-0.2, -0.15) is 4.31 Å². The highest BCUT2D eigenvalue weighted by Gasteiger charge is 2.30. The third-order valence-electron chi connectivity index (χ3n) is 5.25. The van der Waals surface area contributed by atoms with Crippen molar-refractivity contribution in [1.29, 1.82) is 0 Å². The molecule has 30 heavy (non-hydrogen) atoms. The summed E-state index contributed by atoms with van der Waals surface area (Å²) < 4.78 is 26.7. The Balaban J connectivity index is 1.47. The van der Waals surface area contributed by atoms with Gasteiger partial charge in [-0.1, -0.05) is 25.1 Å². The zero-order chi connectivity index (χ0) is 21.6. The summed E-state index contributed by atoms with van der Waals surface area (Å²) in [6.45, 7) is 3.05. The molecule has 1 aromatic heterocycles. The minimum atomic E-state index is -3.55. The summed E-state index contributed by atoms with van der Waals surface area (Å²) in [5.74, 6) is -1.27. The van der Waals surface area contributed by atoms with Gasteiger partial charge < -0.3 is 10.6 Å². The van der Waals surface area contributed by atoms with E-state index in [1.54, 1.807) is 18.2 Å². The molecule has 2 amide bonds. The average molecular weight is 431 g/mol. The highest BCUT2D eigenvalue weighted by Crippen LogP contribution is 2.23. The number of sulfonamides is 1. The van der Waals surface area contributed by atoms with Crippen LogP contribution < -0.4 is 10.6 Å². The van der Waals surface area contributed by atoms with E-state index >= 15 is 0 Å². The number of nitrogens with zero attached hydrogens (tertiary/aromatic N) is 2. The number of piperidine rings is 1. The first kappa shape index (κ1) is 21.9. The van der Waals surface area contributed by atoms with Crippen molar-refractivity contribution >= 4 is 27.5 Å². The smallest absolute Gasteiger partial charge is 0.313 e. The summed E-state index contributed by atoms with van der Waals surface area (Å²) in [6, 6.07) is 10.5. The first-order chi connectivity index (χ1) is 14.4. The van der Waals surface area contributed by atoms with Crippen LogP contribution in [-0.4, -0.2) is 49.2 Å². The number of para-hydroxylation sites is 1. The van der Waals surface area contributed by atoms with Gasteiger partial charge in [-0.25, -0.2) is 8.42 Å². The standard InChI is InChI=1S/C21H26N4O4S/c1-2-17-6-3-4-8-19(17)24-21(27)20(26)23-14-16-9-12-25(13-10-16)30(28,29)18-7-5-11-22-15-18/h3-8,11,15-16H,2,9-10,12-14H2,1H3,(H,23,26)(H,24,27). The summed E-state index contributed by atoms with van der Waals surface area (Å²) in [5, 5.41) is 5.32. The Morgan fingerprint density at radius 2 is 1.83 bits per heavy atom. The Morgan fingerprint density at radius 3 is 2.50 bits per heavy atom. The Hall–Kier alpha value is -2.78. The second-order valence-electron chi connectivity index (χ2n) is 7.21. The number of anilines is 1. The average Bonchev–Trinajstić information content (AvgIpc) is 2.78. The number of hydrogen-bond acceptors (Lipinski definition) is 5. The minimum Gasteiger partial charge on any atom is -0.348 e. The fraction of sp³-hybridized carbons (Fsp3) is 0.381. The van der Waals surface area contributed by atoms with E-state index in [9.17, 15) is 18.0 Å². The van der Waals surface area contributed by atoms with Crippen LogP contribution in [0.5, 0.6) is 0 Å². The first-order valence-corrected chi connectivity index (χ1v) is 11.4. The largest absolute Gasteiger partial charge is 0.348 e. The topological polar surface area (TPSA) is 108 Å². The number of aromatic nitrogens is 1. The predicted octanol–water partition coefficient (Wildman–Crippen LogP) is 1.80. The molecule has 0 unspecified atom stereocenters. The van der Waals surface area contributed by atoms with Crippen LogP contribution in [0.3, 0.4) is 0 Å². The summed E-state index contributed by atoms with van der Waals surface area (Å²) in [7, 11) is -3.55. The monoisotopic (exact) mass is 430 g/mol. The molecule has 2 N–H and O–H groups in total. The molecule has 1 saturated heterocycles. The van der Waals surface area contributed by atoms with Crippen molar-refractivity contribution in [2.75, 3.05) is 25.0 Å². The van der Waals surface area contributed by atoms with E-state index in [-0.39, 0.29) is 10.8 Å². The van der Waals surface area contributed by atoms with Crippen molar-refractivity contribution in [3.05, 3.63) is 54.4 Å². The predicted molar refractivity (Wildman–Crippen MR) is 113 cm³/mol. The molecule has 8 nitrogen and oxygen atoms in total. The lowest BCUT2D eigenvalue weighted by atomic mass is 9.98. The van der Waals surface area contributed by atoms with Gasteiger partial charge in [0.15, 0.2) is 0 Å². The van der Waals surface area contributed by atoms with Gasteiger partial charge in [0.2, 0.25) is 10.0 Å². The Labute approximate surface area is 176 Å². The molecule has 0 bridgehead atoms. The molecular weight excluding hydrogens is 404 g/mol. The lowest BCUT2D eigenvalue weighted by Crippen LogP contribution is -2.43. The Morgan fingerprint density at radius 1 is 1.10 bits per heavy atom. The van der Waals surface area contributed by atoms with Gasteiger partial charge in [0.05, 0.1) is 0 Å². The number of carbonyl (C=O) groups is 2. The van der Waals surface area contributed by atoms with Crippen LogP contribution in [0.2, 0.25) is 0 Å². The fourth-order valence-corrected chi connectivity index (χ4v) is 4.88. The quantitative estimate of drug-likeness (QED) is 0.680. The van der Waals surface area contributed by atoms with Gasteiger partial charge in [0, 0.05) is 37.7 Å². The molecule has 0 aliphatic carbocycles. The van der Waals surface area contributed by atoms with Gasteiger partial charge in [0.1, 0.15) is 4.90 Å². The maximum atomic E-state index is 12.6. The van der Waals surface area contributed by atoms with Gasteiger partial charge in [-0.15, -0.1) is 0 Å². The number of rotatable bonds is 6. The molecule has 2 aromatic rings. The van der Waals surface area contributed by atoms with Crippen molar-refractivity contribution in [1.82, 2.24) is 14.6 Å². The van der Waals surface area contributed by atoms with Crippen LogP contribution in [0.25, 0.3) is 0 Å². The van der Waals surface area contributed by atoms with Gasteiger partial charge >= 0.3 is 11.8 Å². The van der Waals surface area contributed by atoms with Gasteiger partial charge in [-0.3, -0.25) is 14.6 Å². The molecule has 1 aliphatic rings. The maximum Gasteiger partial charge on any atom is 0.313 e. The molecule has 160 valence electrons. The van der Waals surface area contributed by atoms with Gasteiger partial charge in [0.25, 0.3) is 0 Å². The van der Waals surface area contributed by atoms with Crippen molar-refractivity contribution in [2.24, 2.45) is 5.92 Å². The number of nitrogens with one attached hydrogen (secondary N) is 2. The number of benzene rings is 1. The third kappa shape index (κ3) is 5.22. The number of pyridine rings is 1. The molecule has 0 saturated carbocycles. The molecule has 1 fully saturated rings. The number of carbonyl (C=O) groups excluding carboxylic acids is 2. The molecule has 0 radical (unpaired) electrons. The van der Waals surface area contributed by atoms with Crippen molar-refractivity contribution in [2.45, 2.75) is 31.1 Å². The molecule has 1 aliphatic heterocycles. The second kappa shape index (κ2) is 9.82. The van der Waals surface area contributed by atoms with E-state index in [0.29, 0.717) is 38.2 Å². The fourth-order valence-electron chi connectivity index (χ4n) is 3.45. The SMILES string of the molecule is CCc1ccccc1NC(=O)C(=O)NCC1CCN(S(=O)(=O)c2cccnc2)CC1. The third-order valence-corrected chi connectivity index (χ3v) is 7.13. The highest BCUT2D eigenvalue weighted by molar-refractivity contribution is 7.89. The molecule has 2 heterocycles. The lowest BCUT2D eigenvalue weighted by molar-refractivity contribution is -0.136. The normalized spacial score (nSPS) is 15.5.